The first-order valence-electron chi connectivity index (χ1n) is 10.8. The number of amides is 2. The summed E-state index contributed by atoms with van der Waals surface area (Å²) in [4.78, 5) is 45.5. The molecule has 0 N–H and O–H groups in total. The predicted octanol–water partition coefficient (Wildman–Crippen LogP) is 2.43. The molecule has 9 heteroatoms. The molecule has 1 aliphatic heterocycles. The van der Waals surface area contributed by atoms with Gasteiger partial charge in [-0.1, -0.05) is 6.07 Å². The molecular formula is C24H29N3O6. The van der Waals surface area contributed by atoms with Crippen molar-refractivity contribution in [2.45, 2.75) is 26.3 Å². The van der Waals surface area contributed by atoms with Crippen LogP contribution in [0, 0.1) is 5.92 Å². The van der Waals surface area contributed by atoms with Crippen LogP contribution in [0.5, 0.6) is 11.5 Å². The Bertz CT molecular complexity index is 981. The van der Waals surface area contributed by atoms with Gasteiger partial charge >= 0.3 is 5.97 Å². The molecule has 1 saturated heterocycles. The molecule has 1 atom stereocenters. The van der Waals surface area contributed by atoms with E-state index < -0.39 is 5.92 Å². The molecule has 0 bridgehead atoms. The smallest absolute Gasteiger partial charge is 0.307 e. The van der Waals surface area contributed by atoms with E-state index in [1.165, 1.54) is 7.11 Å². The van der Waals surface area contributed by atoms with Crippen LogP contribution in [0.1, 0.15) is 25.3 Å². The van der Waals surface area contributed by atoms with Gasteiger partial charge in [0, 0.05) is 44.5 Å². The quantitative estimate of drug-likeness (QED) is 0.508. The molecule has 1 unspecified atom stereocenters. The van der Waals surface area contributed by atoms with Crippen molar-refractivity contribution in [1.29, 1.82) is 0 Å². The minimum atomic E-state index is -0.549. The number of pyridine rings is 1. The minimum Gasteiger partial charge on any atom is -0.497 e. The number of hydrogen-bond acceptors (Lipinski definition) is 7. The van der Waals surface area contributed by atoms with Gasteiger partial charge in [0.25, 0.3) is 0 Å². The van der Waals surface area contributed by atoms with Gasteiger partial charge in [-0.25, -0.2) is 0 Å². The number of aromatic nitrogens is 1. The number of ether oxygens (including phenoxy) is 3. The van der Waals surface area contributed by atoms with Crippen LogP contribution >= 0.6 is 0 Å². The first-order valence-corrected chi connectivity index (χ1v) is 10.8. The van der Waals surface area contributed by atoms with Crippen LogP contribution in [0.3, 0.4) is 0 Å². The molecule has 2 heterocycles. The zero-order chi connectivity index (χ0) is 23.8. The Hall–Kier alpha value is -3.62. The molecule has 0 spiro atoms. The van der Waals surface area contributed by atoms with Gasteiger partial charge in [-0.2, -0.15) is 0 Å². The minimum absolute atomic E-state index is 0.0716. The summed E-state index contributed by atoms with van der Waals surface area (Å²) < 4.78 is 15.7. The number of methoxy groups -OCH3 is 2. The summed E-state index contributed by atoms with van der Waals surface area (Å²) in [6, 6.07) is 8.85. The van der Waals surface area contributed by atoms with Crippen LogP contribution in [0.2, 0.25) is 0 Å². The van der Waals surface area contributed by atoms with Crippen LogP contribution in [0.25, 0.3) is 0 Å². The van der Waals surface area contributed by atoms with Gasteiger partial charge < -0.3 is 24.0 Å². The molecule has 1 aromatic heterocycles. The number of benzene rings is 1. The first-order chi connectivity index (χ1) is 16.0. The summed E-state index contributed by atoms with van der Waals surface area (Å²) >= 11 is 0. The van der Waals surface area contributed by atoms with Crippen LogP contribution in [0.4, 0.5) is 5.69 Å². The summed E-state index contributed by atoms with van der Waals surface area (Å²) in [7, 11) is 3.07. The van der Waals surface area contributed by atoms with Crippen LogP contribution in [-0.2, 0) is 25.7 Å². The summed E-state index contributed by atoms with van der Waals surface area (Å²) in [6.07, 6.45) is 3.48. The van der Waals surface area contributed by atoms with E-state index in [9.17, 15) is 14.4 Å². The second-order valence-corrected chi connectivity index (χ2v) is 7.62. The molecule has 1 fully saturated rings. The Morgan fingerprint density at radius 1 is 1.21 bits per heavy atom. The second-order valence-electron chi connectivity index (χ2n) is 7.62. The maximum atomic E-state index is 13.4. The molecule has 0 radical (unpaired) electrons. The van der Waals surface area contributed by atoms with Gasteiger partial charge in [0.1, 0.15) is 11.5 Å². The molecule has 176 valence electrons. The molecule has 2 amide bonds. The lowest BCUT2D eigenvalue weighted by Gasteiger charge is -2.26. The van der Waals surface area contributed by atoms with Crippen molar-refractivity contribution in [3.05, 3.63) is 48.3 Å². The Kier molecular flexibility index (Phi) is 8.23. The maximum Gasteiger partial charge on any atom is 0.307 e. The number of carbonyl (C=O) groups is 3. The molecule has 9 nitrogen and oxygen atoms in total. The lowest BCUT2D eigenvalue weighted by molar-refractivity contribution is -0.144. The second kappa shape index (κ2) is 11.3. The van der Waals surface area contributed by atoms with Gasteiger partial charge in [0.15, 0.2) is 0 Å². The fourth-order valence-corrected chi connectivity index (χ4v) is 3.81. The van der Waals surface area contributed by atoms with E-state index in [4.69, 9.17) is 14.2 Å². The van der Waals surface area contributed by atoms with Crippen molar-refractivity contribution < 1.29 is 28.6 Å². The summed E-state index contributed by atoms with van der Waals surface area (Å²) in [5.74, 6) is -0.181. The van der Waals surface area contributed by atoms with E-state index in [1.54, 1.807) is 60.5 Å². The van der Waals surface area contributed by atoms with Gasteiger partial charge in [0.2, 0.25) is 11.8 Å². The molecule has 2 aromatic rings. The van der Waals surface area contributed by atoms with Crippen LogP contribution in [0.15, 0.2) is 42.7 Å². The highest BCUT2D eigenvalue weighted by Gasteiger charge is 2.38. The topological polar surface area (TPSA) is 98.3 Å². The fraction of sp³-hybridized carbons (Fsp3) is 0.417. The van der Waals surface area contributed by atoms with Crippen molar-refractivity contribution in [3.63, 3.8) is 0 Å². The number of rotatable bonds is 10. The third kappa shape index (κ3) is 6.00. The van der Waals surface area contributed by atoms with Gasteiger partial charge in [-0.15, -0.1) is 0 Å². The highest BCUT2D eigenvalue weighted by molar-refractivity contribution is 6.01. The zero-order valence-corrected chi connectivity index (χ0v) is 19.2. The molecule has 1 aromatic carbocycles. The number of hydrogen-bond donors (Lipinski definition) is 0. The van der Waals surface area contributed by atoms with E-state index in [1.807, 2.05) is 6.07 Å². The predicted molar refractivity (Wildman–Crippen MR) is 121 cm³/mol. The fourth-order valence-electron chi connectivity index (χ4n) is 3.81. The van der Waals surface area contributed by atoms with E-state index in [2.05, 4.69) is 4.98 Å². The van der Waals surface area contributed by atoms with E-state index in [-0.39, 0.29) is 50.3 Å². The van der Waals surface area contributed by atoms with Gasteiger partial charge in [-0.05, 0) is 30.7 Å². The van der Waals surface area contributed by atoms with Crippen molar-refractivity contribution in [1.82, 2.24) is 9.88 Å². The molecular weight excluding hydrogens is 426 g/mol. The number of carbonyl (C=O) groups excluding carboxylic acids is 3. The van der Waals surface area contributed by atoms with Gasteiger partial charge in [0.05, 0.1) is 38.9 Å². The lowest BCUT2D eigenvalue weighted by Crippen LogP contribution is -2.38. The molecule has 3 rings (SSSR count). The largest absolute Gasteiger partial charge is 0.497 e. The van der Waals surface area contributed by atoms with Crippen LogP contribution in [-0.4, -0.2) is 61.6 Å². The Morgan fingerprint density at radius 2 is 2.03 bits per heavy atom. The molecule has 0 aliphatic carbocycles. The standard InChI is InChI=1S/C24H29N3O6/c1-4-33-23(29)9-11-26(15-17-6-5-10-25-14-17)24(30)18-12-22(28)27(16-18)20-13-19(31-2)7-8-21(20)32-3/h5-8,10,13-14,18H,4,9,11-12,15-16H2,1-3H3. The Morgan fingerprint density at radius 3 is 2.70 bits per heavy atom. The Balaban J connectivity index is 1.78. The van der Waals surface area contributed by atoms with E-state index >= 15 is 0 Å². The monoisotopic (exact) mass is 455 g/mol. The summed E-state index contributed by atoms with van der Waals surface area (Å²) in [5, 5.41) is 0. The van der Waals surface area contributed by atoms with Crippen molar-refractivity contribution in [2.75, 3.05) is 38.8 Å². The number of nitrogens with zero attached hydrogens (tertiary/aromatic N) is 3. The van der Waals surface area contributed by atoms with Gasteiger partial charge in [-0.3, -0.25) is 19.4 Å². The maximum absolute atomic E-state index is 13.4. The number of anilines is 1. The highest BCUT2D eigenvalue weighted by atomic mass is 16.5. The first kappa shape index (κ1) is 24.0. The van der Waals surface area contributed by atoms with Crippen molar-refractivity contribution >= 4 is 23.5 Å². The normalized spacial score (nSPS) is 15.3. The molecule has 1 aliphatic rings. The Labute approximate surface area is 193 Å². The number of esters is 1. The highest BCUT2D eigenvalue weighted by Crippen LogP contribution is 2.36. The van der Waals surface area contributed by atoms with Crippen molar-refractivity contribution in [2.24, 2.45) is 5.92 Å². The molecule has 0 saturated carbocycles. The van der Waals surface area contributed by atoms with E-state index in [0.29, 0.717) is 23.7 Å². The third-order valence-electron chi connectivity index (χ3n) is 5.45. The average molecular weight is 456 g/mol. The van der Waals surface area contributed by atoms with E-state index in [0.717, 1.165) is 5.56 Å². The average Bonchev–Trinajstić information content (AvgIpc) is 3.23. The van der Waals surface area contributed by atoms with Crippen molar-refractivity contribution in [3.8, 4) is 11.5 Å². The summed E-state index contributed by atoms with van der Waals surface area (Å²) in [6.45, 7) is 2.72. The van der Waals surface area contributed by atoms with Crippen LogP contribution < -0.4 is 14.4 Å². The lowest BCUT2D eigenvalue weighted by atomic mass is 10.1. The molecule has 33 heavy (non-hydrogen) atoms. The SMILES string of the molecule is CCOC(=O)CCN(Cc1cccnc1)C(=O)C1CC(=O)N(c2cc(OC)ccc2OC)C1. The zero-order valence-electron chi connectivity index (χ0n) is 19.2. The summed E-state index contributed by atoms with van der Waals surface area (Å²) in [5.41, 5.74) is 1.40. The third-order valence-corrected chi connectivity index (χ3v) is 5.45.